The van der Waals surface area contributed by atoms with Gasteiger partial charge in [-0.2, -0.15) is 0 Å². The number of hydrogen-bond acceptors (Lipinski definition) is 2. The van der Waals surface area contributed by atoms with Crippen LogP contribution in [0.1, 0.15) is 38.3 Å². The molecule has 0 saturated heterocycles. The highest BCUT2D eigenvalue weighted by Gasteiger charge is 2.32. The summed E-state index contributed by atoms with van der Waals surface area (Å²) in [6.45, 7) is 5.82. The number of para-hydroxylation sites is 1. The molecule has 0 radical (unpaired) electrons. The summed E-state index contributed by atoms with van der Waals surface area (Å²) in [6.07, 6.45) is 7.80. The van der Waals surface area contributed by atoms with Crippen LogP contribution in [0.5, 0.6) is 0 Å². The lowest BCUT2D eigenvalue weighted by atomic mass is 9.97. The molecular formula is C18H23N3. The Kier molecular flexibility index (Phi) is 3.02. The summed E-state index contributed by atoms with van der Waals surface area (Å²) >= 11 is 0. The van der Waals surface area contributed by atoms with Crippen molar-refractivity contribution in [3.8, 4) is 11.3 Å². The van der Waals surface area contributed by atoms with E-state index in [0.29, 0.717) is 6.04 Å². The summed E-state index contributed by atoms with van der Waals surface area (Å²) < 4.78 is 2.42. The Morgan fingerprint density at radius 2 is 2.14 bits per heavy atom. The van der Waals surface area contributed by atoms with E-state index in [-0.39, 0.29) is 0 Å². The average molecular weight is 281 g/mol. The lowest BCUT2D eigenvalue weighted by molar-refractivity contribution is 0.355. The molecule has 3 atom stereocenters. The number of benzene rings is 1. The van der Waals surface area contributed by atoms with Gasteiger partial charge in [-0.3, -0.25) is 0 Å². The second-order valence-electron chi connectivity index (χ2n) is 6.68. The molecule has 1 N–H and O–H groups in total. The summed E-state index contributed by atoms with van der Waals surface area (Å²) in [5.41, 5.74) is 5.34. The van der Waals surface area contributed by atoms with Crippen molar-refractivity contribution in [2.24, 2.45) is 11.8 Å². The molecule has 0 bridgehead atoms. The third kappa shape index (κ3) is 1.98. The van der Waals surface area contributed by atoms with Crippen LogP contribution in [0, 0.1) is 11.8 Å². The molecule has 1 aliphatic heterocycles. The van der Waals surface area contributed by atoms with Gasteiger partial charge in [0.15, 0.2) is 0 Å². The van der Waals surface area contributed by atoms with Crippen LogP contribution in [-0.2, 0) is 6.42 Å². The third-order valence-corrected chi connectivity index (χ3v) is 5.57. The molecule has 2 aromatic rings. The highest BCUT2D eigenvalue weighted by atomic mass is 15.1. The first-order chi connectivity index (χ1) is 10.3. The number of anilines is 1. The van der Waals surface area contributed by atoms with Crippen LogP contribution in [0.25, 0.3) is 11.3 Å². The summed E-state index contributed by atoms with van der Waals surface area (Å²) in [5.74, 6) is 1.53. The number of nitrogens with one attached hydrogen (secondary N) is 1. The topological polar surface area (TPSA) is 29.9 Å². The van der Waals surface area contributed by atoms with Crippen molar-refractivity contribution in [2.75, 3.05) is 11.9 Å². The summed E-state index contributed by atoms with van der Waals surface area (Å²) in [7, 11) is 0. The fraction of sp³-hybridized carbons (Fsp3) is 0.500. The van der Waals surface area contributed by atoms with Crippen molar-refractivity contribution in [3.05, 3.63) is 36.3 Å². The second-order valence-corrected chi connectivity index (χ2v) is 6.68. The van der Waals surface area contributed by atoms with Crippen LogP contribution < -0.4 is 5.32 Å². The Hall–Kier alpha value is -1.77. The minimum Gasteiger partial charge on any atom is -0.384 e. The highest BCUT2D eigenvalue weighted by Crippen LogP contribution is 2.43. The minimum atomic E-state index is 0.592. The summed E-state index contributed by atoms with van der Waals surface area (Å²) in [5, 5.41) is 3.55. The van der Waals surface area contributed by atoms with E-state index in [2.05, 4.69) is 46.9 Å². The average Bonchev–Trinajstić information content (AvgIpc) is 3.20. The van der Waals surface area contributed by atoms with Crippen molar-refractivity contribution < 1.29 is 0 Å². The Labute approximate surface area is 126 Å². The lowest BCUT2D eigenvalue weighted by Gasteiger charge is -2.22. The fourth-order valence-electron chi connectivity index (χ4n) is 4.06. The second kappa shape index (κ2) is 4.90. The molecule has 21 heavy (non-hydrogen) atoms. The minimum absolute atomic E-state index is 0.592. The SMILES string of the molecule is CC1CCC(n2cncc2-c2cccc3c2NCC3)C1C. The maximum Gasteiger partial charge on any atom is 0.0953 e. The molecule has 110 valence electrons. The van der Waals surface area contributed by atoms with Gasteiger partial charge < -0.3 is 9.88 Å². The molecule has 3 unspecified atom stereocenters. The van der Waals surface area contributed by atoms with E-state index >= 15 is 0 Å². The predicted molar refractivity (Wildman–Crippen MR) is 86.5 cm³/mol. The van der Waals surface area contributed by atoms with Gasteiger partial charge in [0.05, 0.1) is 18.2 Å². The summed E-state index contributed by atoms with van der Waals surface area (Å²) in [6, 6.07) is 7.24. The van der Waals surface area contributed by atoms with Crippen molar-refractivity contribution in [3.63, 3.8) is 0 Å². The van der Waals surface area contributed by atoms with Crippen LogP contribution in [0.3, 0.4) is 0 Å². The van der Waals surface area contributed by atoms with Gasteiger partial charge in [0.1, 0.15) is 0 Å². The molecule has 2 heterocycles. The molecule has 0 amide bonds. The largest absolute Gasteiger partial charge is 0.384 e. The molecule has 0 spiro atoms. The van der Waals surface area contributed by atoms with Crippen LogP contribution >= 0.6 is 0 Å². The number of nitrogens with zero attached hydrogens (tertiary/aromatic N) is 2. The highest BCUT2D eigenvalue weighted by molar-refractivity contribution is 5.79. The quantitative estimate of drug-likeness (QED) is 0.897. The van der Waals surface area contributed by atoms with Crippen LogP contribution in [-0.4, -0.2) is 16.1 Å². The number of rotatable bonds is 2. The maximum absolute atomic E-state index is 4.46. The fourth-order valence-corrected chi connectivity index (χ4v) is 4.06. The normalized spacial score (nSPS) is 27.6. The molecule has 1 aromatic heterocycles. The van der Waals surface area contributed by atoms with Gasteiger partial charge in [0.25, 0.3) is 0 Å². The number of aromatic nitrogens is 2. The molecule has 1 fully saturated rings. The van der Waals surface area contributed by atoms with Crippen molar-refractivity contribution in [2.45, 2.75) is 39.2 Å². The van der Waals surface area contributed by atoms with E-state index in [0.717, 1.165) is 24.8 Å². The van der Waals surface area contributed by atoms with Gasteiger partial charge in [-0.15, -0.1) is 0 Å². The molecule has 1 saturated carbocycles. The molecule has 4 rings (SSSR count). The monoisotopic (exact) mass is 281 g/mol. The van der Waals surface area contributed by atoms with Gasteiger partial charge in [-0.1, -0.05) is 32.0 Å². The first-order valence-electron chi connectivity index (χ1n) is 8.13. The van der Waals surface area contributed by atoms with E-state index in [1.54, 1.807) is 0 Å². The van der Waals surface area contributed by atoms with Gasteiger partial charge >= 0.3 is 0 Å². The Morgan fingerprint density at radius 3 is 2.95 bits per heavy atom. The molecule has 1 aromatic carbocycles. The first-order valence-corrected chi connectivity index (χ1v) is 8.13. The molecule has 3 heteroatoms. The van der Waals surface area contributed by atoms with E-state index in [1.165, 1.54) is 35.3 Å². The van der Waals surface area contributed by atoms with Crippen molar-refractivity contribution in [1.29, 1.82) is 0 Å². The van der Waals surface area contributed by atoms with Crippen LogP contribution in [0.2, 0.25) is 0 Å². The molecule has 2 aliphatic rings. The van der Waals surface area contributed by atoms with Gasteiger partial charge in [0.2, 0.25) is 0 Å². The van der Waals surface area contributed by atoms with Crippen molar-refractivity contribution >= 4 is 5.69 Å². The zero-order chi connectivity index (χ0) is 14.4. The maximum atomic E-state index is 4.46. The zero-order valence-corrected chi connectivity index (χ0v) is 12.8. The predicted octanol–water partition coefficient (Wildman–Crippen LogP) is 4.13. The van der Waals surface area contributed by atoms with Gasteiger partial charge in [-0.25, -0.2) is 4.98 Å². The van der Waals surface area contributed by atoms with Crippen molar-refractivity contribution in [1.82, 2.24) is 9.55 Å². The van der Waals surface area contributed by atoms with Gasteiger partial charge in [-0.05, 0) is 36.7 Å². The van der Waals surface area contributed by atoms with E-state index in [1.807, 2.05) is 12.5 Å². The lowest BCUT2D eigenvalue weighted by Crippen LogP contribution is -2.15. The van der Waals surface area contributed by atoms with Crippen LogP contribution in [0.15, 0.2) is 30.7 Å². The number of fused-ring (bicyclic) bond motifs is 1. The van der Waals surface area contributed by atoms with E-state index in [4.69, 9.17) is 0 Å². The smallest absolute Gasteiger partial charge is 0.0953 e. The first kappa shape index (κ1) is 12.9. The zero-order valence-electron chi connectivity index (χ0n) is 12.8. The molecule has 1 aliphatic carbocycles. The van der Waals surface area contributed by atoms with Gasteiger partial charge in [0, 0.05) is 23.8 Å². The Balaban J connectivity index is 1.78. The Bertz CT molecular complexity index is 658. The molecular weight excluding hydrogens is 258 g/mol. The number of imidazole rings is 1. The summed E-state index contributed by atoms with van der Waals surface area (Å²) in [4.78, 5) is 4.46. The standard InChI is InChI=1S/C18H23N3/c1-12-6-7-16(13(12)2)21-11-19-10-17(21)15-5-3-4-14-8-9-20-18(14)15/h3-5,10-13,16,20H,6-9H2,1-2H3. The van der Waals surface area contributed by atoms with Crippen LogP contribution in [0.4, 0.5) is 5.69 Å². The number of hydrogen-bond donors (Lipinski definition) is 1. The van der Waals surface area contributed by atoms with E-state index in [9.17, 15) is 0 Å². The Morgan fingerprint density at radius 1 is 1.24 bits per heavy atom. The third-order valence-electron chi connectivity index (χ3n) is 5.57. The van der Waals surface area contributed by atoms with E-state index < -0.39 is 0 Å². The molecule has 3 nitrogen and oxygen atoms in total.